The zero-order valence-corrected chi connectivity index (χ0v) is 12.4. The van der Waals surface area contributed by atoms with Gasteiger partial charge >= 0.3 is 0 Å². The van der Waals surface area contributed by atoms with Crippen LogP contribution in [-0.2, 0) is 0 Å². The van der Waals surface area contributed by atoms with Crippen LogP contribution in [0.25, 0.3) is 16.7 Å². The van der Waals surface area contributed by atoms with Crippen molar-refractivity contribution in [3.63, 3.8) is 0 Å². The van der Waals surface area contributed by atoms with Crippen molar-refractivity contribution in [3.05, 3.63) is 28.4 Å². The summed E-state index contributed by atoms with van der Waals surface area (Å²) in [6, 6.07) is 0. The number of aryl methyl sites for hydroxylation is 2. The van der Waals surface area contributed by atoms with E-state index in [0.717, 1.165) is 17.0 Å². The van der Waals surface area contributed by atoms with Gasteiger partial charge in [0.25, 0.3) is 5.92 Å². The van der Waals surface area contributed by atoms with Crippen LogP contribution in [-0.4, -0.2) is 25.9 Å². The zero-order chi connectivity index (χ0) is 15.2. The molecule has 0 saturated carbocycles. The van der Waals surface area contributed by atoms with Gasteiger partial charge in [-0.2, -0.15) is 4.98 Å². The van der Waals surface area contributed by atoms with E-state index in [1.165, 1.54) is 6.08 Å². The minimum absolute atomic E-state index is 0.0493. The van der Waals surface area contributed by atoms with Gasteiger partial charge in [-0.25, -0.2) is 23.7 Å². The molecule has 0 amide bonds. The summed E-state index contributed by atoms with van der Waals surface area (Å²) in [5.41, 5.74) is 3.66. The number of hydrogen-bond donors (Lipinski definition) is 0. The van der Waals surface area contributed by atoms with Crippen LogP contribution in [0.3, 0.4) is 0 Å². The van der Waals surface area contributed by atoms with E-state index < -0.39 is 5.92 Å². The molecule has 0 bridgehead atoms. The average Bonchev–Trinajstić information content (AvgIpc) is 2.40. The lowest BCUT2D eigenvalue weighted by Crippen LogP contribution is -2.18. The van der Waals surface area contributed by atoms with E-state index in [9.17, 15) is 8.78 Å². The highest BCUT2D eigenvalue weighted by Gasteiger charge is 2.32. The lowest BCUT2D eigenvalue weighted by molar-refractivity contribution is -0.00604. The van der Waals surface area contributed by atoms with Crippen molar-refractivity contribution in [1.82, 2.24) is 19.9 Å². The van der Waals surface area contributed by atoms with Crippen molar-refractivity contribution >= 4 is 28.3 Å². The van der Waals surface area contributed by atoms with E-state index in [1.807, 2.05) is 13.8 Å². The van der Waals surface area contributed by atoms with E-state index in [0.29, 0.717) is 16.9 Å². The second-order valence-electron chi connectivity index (χ2n) is 5.20. The molecule has 0 saturated heterocycles. The third kappa shape index (κ3) is 2.72. The summed E-state index contributed by atoms with van der Waals surface area (Å²) in [5.74, 6) is -2.64. The van der Waals surface area contributed by atoms with Crippen molar-refractivity contribution in [2.24, 2.45) is 0 Å². The van der Waals surface area contributed by atoms with Gasteiger partial charge in [0, 0.05) is 12.8 Å². The lowest BCUT2D eigenvalue weighted by atomic mass is 9.94. The molecule has 4 nitrogen and oxygen atoms in total. The van der Waals surface area contributed by atoms with Crippen LogP contribution in [0.15, 0.2) is 6.08 Å². The Balaban J connectivity index is 2.18. The Morgan fingerprint density at radius 1 is 1.10 bits per heavy atom. The van der Waals surface area contributed by atoms with Crippen molar-refractivity contribution < 1.29 is 8.78 Å². The van der Waals surface area contributed by atoms with Crippen LogP contribution >= 0.6 is 11.6 Å². The van der Waals surface area contributed by atoms with Gasteiger partial charge < -0.3 is 0 Å². The van der Waals surface area contributed by atoms with Crippen LogP contribution in [0.4, 0.5) is 8.78 Å². The molecule has 2 heterocycles. The first-order valence-electron chi connectivity index (χ1n) is 6.61. The molecule has 1 aliphatic rings. The molecule has 3 rings (SSSR count). The predicted octanol–water partition coefficient (Wildman–Crippen LogP) is 3.89. The number of aromatic nitrogens is 4. The highest BCUT2D eigenvalue weighted by molar-refractivity contribution is 6.28. The van der Waals surface area contributed by atoms with E-state index in [-0.39, 0.29) is 24.5 Å². The summed E-state index contributed by atoms with van der Waals surface area (Å²) in [6.45, 7) is 3.67. The fraction of sp³-hybridized carbons (Fsp3) is 0.429. The normalized spacial score (nSPS) is 17.9. The monoisotopic (exact) mass is 310 g/mol. The molecule has 2 aromatic rings. The Hall–Kier alpha value is -1.69. The first kappa shape index (κ1) is 14.3. The maximum Gasteiger partial charge on any atom is 0.251 e. The van der Waals surface area contributed by atoms with Gasteiger partial charge in [0.15, 0.2) is 5.65 Å². The summed E-state index contributed by atoms with van der Waals surface area (Å²) >= 11 is 5.93. The Labute approximate surface area is 125 Å². The highest BCUT2D eigenvalue weighted by Crippen LogP contribution is 2.37. The van der Waals surface area contributed by atoms with E-state index in [2.05, 4.69) is 19.9 Å². The Morgan fingerprint density at radius 2 is 1.81 bits per heavy atom. The van der Waals surface area contributed by atoms with Crippen LogP contribution < -0.4 is 0 Å². The molecule has 0 unspecified atom stereocenters. The lowest BCUT2D eigenvalue weighted by Gasteiger charge is -2.21. The van der Waals surface area contributed by atoms with Gasteiger partial charge in [-0.05, 0) is 37.4 Å². The van der Waals surface area contributed by atoms with Gasteiger partial charge in [0.2, 0.25) is 5.28 Å². The maximum atomic E-state index is 13.3. The van der Waals surface area contributed by atoms with E-state index in [1.54, 1.807) is 0 Å². The molecular formula is C14H13ClF2N4. The molecule has 110 valence electrons. The SMILES string of the molecule is Cc1nc2nc(Cl)nc(C3=CCC(F)(F)CC3)c2nc1C. The third-order valence-electron chi connectivity index (χ3n) is 3.63. The van der Waals surface area contributed by atoms with Gasteiger partial charge in [0.1, 0.15) is 5.52 Å². The second-order valence-corrected chi connectivity index (χ2v) is 5.54. The smallest absolute Gasteiger partial charge is 0.246 e. The molecule has 0 spiro atoms. The van der Waals surface area contributed by atoms with Gasteiger partial charge in [-0.15, -0.1) is 0 Å². The summed E-state index contributed by atoms with van der Waals surface area (Å²) in [4.78, 5) is 17.0. The number of nitrogens with zero attached hydrogens (tertiary/aromatic N) is 4. The summed E-state index contributed by atoms with van der Waals surface area (Å²) < 4.78 is 26.5. The summed E-state index contributed by atoms with van der Waals surface area (Å²) in [7, 11) is 0. The topological polar surface area (TPSA) is 51.6 Å². The maximum absolute atomic E-state index is 13.3. The Morgan fingerprint density at radius 3 is 2.48 bits per heavy atom. The second kappa shape index (κ2) is 4.94. The van der Waals surface area contributed by atoms with Crippen molar-refractivity contribution in [1.29, 1.82) is 0 Å². The number of halogens is 3. The fourth-order valence-electron chi connectivity index (χ4n) is 2.32. The Kier molecular flexibility index (Phi) is 3.36. The van der Waals surface area contributed by atoms with Crippen LogP contribution in [0.5, 0.6) is 0 Å². The Bertz CT molecular complexity index is 758. The molecule has 0 aliphatic heterocycles. The van der Waals surface area contributed by atoms with Crippen LogP contribution in [0.1, 0.15) is 36.3 Å². The number of hydrogen-bond acceptors (Lipinski definition) is 4. The van der Waals surface area contributed by atoms with Gasteiger partial charge in [-0.1, -0.05) is 6.08 Å². The van der Waals surface area contributed by atoms with Crippen LogP contribution in [0.2, 0.25) is 5.28 Å². The summed E-state index contributed by atoms with van der Waals surface area (Å²) in [5, 5.41) is 0.0493. The first-order chi connectivity index (χ1) is 9.85. The molecule has 0 atom stereocenters. The number of fused-ring (bicyclic) bond motifs is 1. The van der Waals surface area contributed by atoms with Crippen molar-refractivity contribution in [2.75, 3.05) is 0 Å². The zero-order valence-electron chi connectivity index (χ0n) is 11.6. The third-order valence-corrected chi connectivity index (χ3v) is 3.80. The number of alkyl halides is 2. The highest BCUT2D eigenvalue weighted by atomic mass is 35.5. The van der Waals surface area contributed by atoms with Crippen molar-refractivity contribution in [2.45, 2.75) is 39.0 Å². The van der Waals surface area contributed by atoms with E-state index >= 15 is 0 Å². The molecule has 21 heavy (non-hydrogen) atoms. The molecule has 1 aliphatic carbocycles. The molecule has 0 N–H and O–H groups in total. The van der Waals surface area contributed by atoms with Crippen LogP contribution in [0, 0.1) is 13.8 Å². The standard InChI is InChI=1S/C14H13ClF2N4/c1-7-8(2)19-12-11(18-7)10(20-13(15)21-12)9-3-5-14(16,17)6-4-9/h3H,4-6H2,1-2H3. The largest absolute Gasteiger partial charge is 0.251 e. The quantitative estimate of drug-likeness (QED) is 0.750. The average molecular weight is 311 g/mol. The molecule has 0 fully saturated rings. The van der Waals surface area contributed by atoms with Gasteiger partial charge in [-0.3, -0.25) is 0 Å². The number of allylic oxidation sites excluding steroid dienone is 2. The minimum atomic E-state index is -2.64. The number of rotatable bonds is 1. The molecule has 0 aromatic carbocycles. The first-order valence-corrected chi connectivity index (χ1v) is 6.99. The predicted molar refractivity (Wildman–Crippen MR) is 76.4 cm³/mol. The molecule has 2 aromatic heterocycles. The summed E-state index contributed by atoms with van der Waals surface area (Å²) in [6.07, 6.45) is 1.27. The molecular weight excluding hydrogens is 298 g/mol. The fourth-order valence-corrected chi connectivity index (χ4v) is 2.48. The van der Waals surface area contributed by atoms with Gasteiger partial charge in [0.05, 0.1) is 17.1 Å². The molecule has 0 radical (unpaired) electrons. The minimum Gasteiger partial charge on any atom is -0.246 e. The molecule has 7 heteroatoms. The van der Waals surface area contributed by atoms with E-state index in [4.69, 9.17) is 11.6 Å². The van der Waals surface area contributed by atoms with Crippen molar-refractivity contribution in [3.8, 4) is 0 Å².